The van der Waals surface area contributed by atoms with Gasteiger partial charge in [0.25, 0.3) is 0 Å². The van der Waals surface area contributed by atoms with Gasteiger partial charge in [0.2, 0.25) is 0 Å². The number of ether oxygens (including phenoxy) is 4. The summed E-state index contributed by atoms with van der Waals surface area (Å²) in [4.78, 5) is 0. The summed E-state index contributed by atoms with van der Waals surface area (Å²) in [5, 5.41) is 10.2. The Morgan fingerprint density at radius 3 is 1.63 bits per heavy atom. The maximum atomic E-state index is 10.2. The first-order chi connectivity index (χ1) is 19.2. The first-order valence-corrected chi connectivity index (χ1v) is 17.3. The Bertz CT molecular complexity index is 763. The van der Waals surface area contributed by atoms with E-state index in [0.29, 0.717) is 13.0 Å². The maximum absolute atomic E-state index is 10.2. The molecule has 6 heteroatoms. The second kappa shape index (κ2) is 17.1. The van der Waals surface area contributed by atoms with Crippen LogP contribution in [0.4, 0.5) is 0 Å². The molecule has 0 aliphatic carbocycles. The van der Waals surface area contributed by atoms with Crippen LogP contribution in [-0.2, 0) is 18.9 Å². The topological polar surface area (TPSA) is 83.2 Å². The smallest absolute Gasteiger partial charge is 0.113 e. The van der Waals surface area contributed by atoms with Crippen LogP contribution in [-0.4, -0.2) is 59.7 Å². The van der Waals surface area contributed by atoms with Crippen molar-refractivity contribution in [3.8, 4) is 0 Å². The van der Waals surface area contributed by atoms with Gasteiger partial charge in [-0.3, -0.25) is 0 Å². The molecular formula is C37H77NO5. The van der Waals surface area contributed by atoms with E-state index in [1.165, 1.54) is 0 Å². The highest BCUT2D eigenvalue weighted by atomic mass is 16.5. The molecule has 0 heterocycles. The van der Waals surface area contributed by atoms with Gasteiger partial charge in [-0.1, -0.05) is 61.3 Å². The van der Waals surface area contributed by atoms with Crippen LogP contribution in [0.2, 0.25) is 0 Å². The number of aliphatic hydroxyl groups is 1. The third-order valence-electron chi connectivity index (χ3n) is 10.7. The lowest BCUT2D eigenvalue weighted by Crippen LogP contribution is -2.45. The fourth-order valence-electron chi connectivity index (χ4n) is 5.21. The van der Waals surface area contributed by atoms with Crippen molar-refractivity contribution >= 4 is 0 Å². The van der Waals surface area contributed by atoms with Gasteiger partial charge in [0.05, 0.1) is 29.0 Å². The molecule has 0 amide bonds. The van der Waals surface area contributed by atoms with Gasteiger partial charge in [0.1, 0.15) is 5.72 Å². The van der Waals surface area contributed by atoms with E-state index in [0.717, 1.165) is 64.6 Å². The molecule has 0 saturated carbocycles. The predicted molar refractivity (Wildman–Crippen MR) is 183 cm³/mol. The molecule has 0 aromatic carbocycles. The van der Waals surface area contributed by atoms with Gasteiger partial charge in [-0.25, -0.2) is 0 Å². The van der Waals surface area contributed by atoms with Gasteiger partial charge in [0.15, 0.2) is 0 Å². The Hall–Kier alpha value is -0.240. The van der Waals surface area contributed by atoms with Crippen molar-refractivity contribution in [3.63, 3.8) is 0 Å². The van der Waals surface area contributed by atoms with Crippen molar-refractivity contribution in [2.75, 3.05) is 19.8 Å². The average molecular weight is 616 g/mol. The van der Waals surface area contributed by atoms with Gasteiger partial charge in [-0.15, -0.1) is 0 Å². The van der Waals surface area contributed by atoms with Crippen LogP contribution in [0, 0.1) is 16.2 Å². The minimum atomic E-state index is -0.725. The van der Waals surface area contributed by atoms with Crippen LogP contribution >= 0.6 is 0 Å². The molecule has 3 unspecified atom stereocenters. The molecule has 0 rings (SSSR count). The Labute approximate surface area is 268 Å². The summed E-state index contributed by atoms with van der Waals surface area (Å²) in [6.45, 7) is 36.7. The summed E-state index contributed by atoms with van der Waals surface area (Å²) >= 11 is 0. The van der Waals surface area contributed by atoms with E-state index in [1.807, 2.05) is 20.8 Å². The molecule has 0 radical (unpaired) electrons. The molecule has 0 spiro atoms. The number of rotatable bonds is 24. The van der Waals surface area contributed by atoms with E-state index in [-0.39, 0.29) is 39.7 Å². The summed E-state index contributed by atoms with van der Waals surface area (Å²) < 4.78 is 25.2. The Morgan fingerprint density at radius 1 is 0.628 bits per heavy atom. The lowest BCUT2D eigenvalue weighted by atomic mass is 9.73. The van der Waals surface area contributed by atoms with Crippen LogP contribution in [0.5, 0.6) is 0 Å². The van der Waals surface area contributed by atoms with E-state index in [2.05, 4.69) is 90.0 Å². The molecule has 0 fully saturated rings. The molecular weight excluding hydrogens is 538 g/mol. The van der Waals surface area contributed by atoms with E-state index < -0.39 is 11.3 Å². The number of nitrogens with two attached hydrogens (primary N) is 1. The molecule has 6 nitrogen and oxygen atoms in total. The first kappa shape index (κ1) is 42.8. The molecule has 0 aliphatic heterocycles. The SMILES string of the molecule is CCC(C)(N)OCCCCC(C)(C)C(C)OCCC(C)(C)C(C)(C)OCCCCC(C)(C)C(C)(C)OC(C)CC(C)(C)O. The zero-order chi connectivity index (χ0) is 34.0. The highest BCUT2D eigenvalue weighted by Crippen LogP contribution is 2.41. The third kappa shape index (κ3) is 16.2. The zero-order valence-corrected chi connectivity index (χ0v) is 31.8. The molecule has 260 valence electrons. The average Bonchev–Trinajstić information content (AvgIpc) is 2.81. The summed E-state index contributed by atoms with van der Waals surface area (Å²) in [6.07, 6.45) is 8.96. The van der Waals surface area contributed by atoms with Crippen molar-refractivity contribution in [3.05, 3.63) is 0 Å². The molecule has 0 saturated heterocycles. The highest BCUT2D eigenvalue weighted by molar-refractivity contribution is 4.90. The predicted octanol–water partition coefficient (Wildman–Crippen LogP) is 9.44. The van der Waals surface area contributed by atoms with Crippen molar-refractivity contribution in [1.29, 1.82) is 0 Å². The molecule has 43 heavy (non-hydrogen) atoms. The monoisotopic (exact) mass is 616 g/mol. The van der Waals surface area contributed by atoms with Gasteiger partial charge >= 0.3 is 0 Å². The summed E-state index contributed by atoms with van der Waals surface area (Å²) in [7, 11) is 0. The fourth-order valence-corrected chi connectivity index (χ4v) is 5.21. The molecule has 0 bridgehead atoms. The quantitative estimate of drug-likeness (QED) is 0.0831. The second-order valence-electron chi connectivity index (χ2n) is 17.3. The molecule has 0 aromatic heterocycles. The normalized spacial score (nSPS) is 17.2. The Balaban J connectivity index is 4.59. The lowest BCUT2D eigenvalue weighted by molar-refractivity contribution is -0.149. The number of hydrogen-bond acceptors (Lipinski definition) is 6. The summed E-state index contributed by atoms with van der Waals surface area (Å²) in [5.41, 5.74) is 4.39. The van der Waals surface area contributed by atoms with Gasteiger partial charge in [-0.2, -0.15) is 0 Å². The highest BCUT2D eigenvalue weighted by Gasteiger charge is 2.40. The molecule has 3 N–H and O–H groups in total. The maximum Gasteiger partial charge on any atom is 0.113 e. The van der Waals surface area contributed by atoms with Crippen LogP contribution in [0.3, 0.4) is 0 Å². The van der Waals surface area contributed by atoms with Crippen molar-refractivity contribution in [1.82, 2.24) is 0 Å². The van der Waals surface area contributed by atoms with Crippen molar-refractivity contribution in [2.45, 2.75) is 203 Å². The van der Waals surface area contributed by atoms with Gasteiger partial charge < -0.3 is 29.8 Å². The Morgan fingerprint density at radius 2 is 1.12 bits per heavy atom. The van der Waals surface area contributed by atoms with E-state index in [4.69, 9.17) is 24.7 Å². The van der Waals surface area contributed by atoms with E-state index >= 15 is 0 Å². The largest absolute Gasteiger partial charge is 0.390 e. The number of hydrogen-bond donors (Lipinski definition) is 2. The number of unbranched alkanes of at least 4 members (excludes halogenated alkanes) is 2. The molecule has 0 aromatic rings. The molecule has 3 atom stereocenters. The molecule has 0 aliphatic rings. The van der Waals surface area contributed by atoms with Crippen LogP contribution in [0.25, 0.3) is 0 Å². The Kier molecular flexibility index (Phi) is 17.0. The lowest BCUT2D eigenvalue weighted by Gasteiger charge is -2.44. The van der Waals surface area contributed by atoms with Gasteiger partial charge in [0, 0.05) is 26.2 Å². The second-order valence-corrected chi connectivity index (χ2v) is 17.3. The first-order valence-electron chi connectivity index (χ1n) is 17.3. The minimum Gasteiger partial charge on any atom is -0.390 e. The third-order valence-corrected chi connectivity index (χ3v) is 10.7. The van der Waals surface area contributed by atoms with Crippen LogP contribution in [0.15, 0.2) is 0 Å². The summed E-state index contributed by atoms with van der Waals surface area (Å²) in [5.74, 6) is 0. The van der Waals surface area contributed by atoms with E-state index in [1.54, 1.807) is 0 Å². The van der Waals surface area contributed by atoms with Crippen LogP contribution in [0.1, 0.15) is 169 Å². The summed E-state index contributed by atoms with van der Waals surface area (Å²) in [6, 6.07) is 0. The van der Waals surface area contributed by atoms with E-state index in [9.17, 15) is 5.11 Å². The van der Waals surface area contributed by atoms with Crippen LogP contribution < -0.4 is 5.73 Å². The zero-order valence-electron chi connectivity index (χ0n) is 31.8. The minimum absolute atomic E-state index is 0.00199. The van der Waals surface area contributed by atoms with Crippen molar-refractivity contribution in [2.24, 2.45) is 22.0 Å². The van der Waals surface area contributed by atoms with Gasteiger partial charge in [-0.05, 0) is 117 Å². The van der Waals surface area contributed by atoms with Crippen molar-refractivity contribution < 1.29 is 24.1 Å². The standard InChI is InChI=1S/C37H77NO5/c1-17-37(16,38)42-26-20-18-22-31(4,5)30(3)40-27-24-33(8,9)35(12,13)41-25-21-19-23-32(6,7)36(14,15)43-29(2)28-34(10,11)39/h29-30,39H,17-28,38H2,1-16H3. The fraction of sp³-hybridized carbons (Fsp3) is 1.00.